The van der Waals surface area contributed by atoms with Crippen molar-refractivity contribution in [2.75, 3.05) is 33.2 Å². The van der Waals surface area contributed by atoms with Gasteiger partial charge in [-0.15, -0.1) is 0 Å². The van der Waals surface area contributed by atoms with E-state index in [1.165, 1.54) is 25.9 Å². The molecule has 1 saturated heterocycles. The van der Waals surface area contributed by atoms with Crippen LogP contribution >= 0.6 is 0 Å². The topological polar surface area (TPSA) is 73.5 Å². The number of benzene rings is 1. The van der Waals surface area contributed by atoms with Crippen molar-refractivity contribution in [1.82, 2.24) is 20.9 Å². The summed E-state index contributed by atoms with van der Waals surface area (Å²) in [6, 6.07) is 7.06. The lowest BCUT2D eigenvalue weighted by Gasteiger charge is -2.30. The molecule has 1 aliphatic rings. The van der Waals surface area contributed by atoms with Crippen LogP contribution in [0.4, 0.5) is 4.79 Å². The van der Waals surface area contributed by atoms with Crippen molar-refractivity contribution in [1.29, 1.82) is 0 Å². The first-order valence-electron chi connectivity index (χ1n) is 9.13. The largest absolute Gasteiger partial charge is 0.355 e. The van der Waals surface area contributed by atoms with Crippen LogP contribution in [0.1, 0.15) is 42.1 Å². The number of carbonyl (C=O) groups is 2. The van der Waals surface area contributed by atoms with Crippen LogP contribution in [-0.4, -0.2) is 50.1 Å². The molecule has 0 bridgehead atoms. The molecule has 6 heteroatoms. The van der Waals surface area contributed by atoms with E-state index in [1.54, 1.807) is 19.2 Å². The zero-order valence-electron chi connectivity index (χ0n) is 15.3. The molecule has 1 fully saturated rings. The number of nitrogens with one attached hydrogen (secondary N) is 3. The standard InChI is InChI=1S/C19H30N4O2/c1-15-8-12-23(13-9-15)11-3-10-21-19(25)22-14-16-4-6-17(7-5-16)18(24)20-2/h4-7,15H,3,8-14H2,1-2H3,(H,20,24)(H2,21,22,25). The van der Waals surface area contributed by atoms with E-state index in [4.69, 9.17) is 0 Å². The number of hydrogen-bond acceptors (Lipinski definition) is 3. The Bertz CT molecular complexity index is 551. The van der Waals surface area contributed by atoms with Gasteiger partial charge in [0.15, 0.2) is 0 Å². The number of urea groups is 1. The first-order chi connectivity index (χ1) is 12.1. The fourth-order valence-electron chi connectivity index (χ4n) is 2.95. The van der Waals surface area contributed by atoms with Crippen LogP contribution in [0.5, 0.6) is 0 Å². The fourth-order valence-corrected chi connectivity index (χ4v) is 2.95. The number of amides is 3. The average Bonchev–Trinajstić information content (AvgIpc) is 2.64. The molecule has 0 unspecified atom stereocenters. The molecular weight excluding hydrogens is 316 g/mol. The molecule has 25 heavy (non-hydrogen) atoms. The van der Waals surface area contributed by atoms with Gasteiger partial charge in [0.1, 0.15) is 0 Å². The maximum Gasteiger partial charge on any atom is 0.315 e. The van der Waals surface area contributed by atoms with Crippen LogP contribution in [0.3, 0.4) is 0 Å². The number of piperidine rings is 1. The van der Waals surface area contributed by atoms with E-state index in [0.29, 0.717) is 18.7 Å². The number of nitrogens with zero attached hydrogens (tertiary/aromatic N) is 1. The minimum Gasteiger partial charge on any atom is -0.355 e. The zero-order valence-corrected chi connectivity index (χ0v) is 15.3. The molecule has 0 saturated carbocycles. The lowest BCUT2D eigenvalue weighted by Crippen LogP contribution is -2.38. The second-order valence-electron chi connectivity index (χ2n) is 6.76. The first kappa shape index (κ1) is 19.2. The van der Waals surface area contributed by atoms with Crippen LogP contribution < -0.4 is 16.0 Å². The average molecular weight is 346 g/mol. The van der Waals surface area contributed by atoms with Gasteiger partial charge < -0.3 is 20.9 Å². The normalized spacial score (nSPS) is 15.6. The molecule has 138 valence electrons. The van der Waals surface area contributed by atoms with E-state index in [1.807, 2.05) is 12.1 Å². The Morgan fingerprint density at radius 1 is 1.12 bits per heavy atom. The Morgan fingerprint density at radius 2 is 1.80 bits per heavy atom. The quantitative estimate of drug-likeness (QED) is 0.661. The third-order valence-electron chi connectivity index (χ3n) is 4.71. The number of carbonyl (C=O) groups excluding carboxylic acids is 2. The van der Waals surface area contributed by atoms with Gasteiger partial charge in [-0.25, -0.2) is 4.79 Å². The van der Waals surface area contributed by atoms with Gasteiger partial charge in [-0.1, -0.05) is 19.1 Å². The van der Waals surface area contributed by atoms with Crippen molar-refractivity contribution in [3.63, 3.8) is 0 Å². The Labute approximate surface area is 150 Å². The summed E-state index contributed by atoms with van der Waals surface area (Å²) in [5.74, 6) is 0.742. The molecule has 1 aromatic rings. The molecule has 1 aromatic carbocycles. The summed E-state index contributed by atoms with van der Waals surface area (Å²) in [7, 11) is 1.61. The van der Waals surface area contributed by atoms with E-state index >= 15 is 0 Å². The Balaban J connectivity index is 1.58. The molecule has 0 aromatic heterocycles. The summed E-state index contributed by atoms with van der Waals surface area (Å²) >= 11 is 0. The maximum absolute atomic E-state index is 11.8. The highest BCUT2D eigenvalue weighted by atomic mass is 16.2. The lowest BCUT2D eigenvalue weighted by atomic mass is 9.99. The molecule has 3 N–H and O–H groups in total. The molecule has 6 nitrogen and oxygen atoms in total. The van der Waals surface area contributed by atoms with Gasteiger partial charge in [0.25, 0.3) is 5.91 Å². The molecular formula is C19H30N4O2. The summed E-state index contributed by atoms with van der Waals surface area (Å²) in [5.41, 5.74) is 1.58. The second kappa shape index (κ2) is 10.0. The molecule has 0 aliphatic carbocycles. The van der Waals surface area contributed by atoms with Crippen LogP contribution in [0.15, 0.2) is 24.3 Å². The van der Waals surface area contributed by atoms with Gasteiger partial charge >= 0.3 is 6.03 Å². The molecule has 0 radical (unpaired) electrons. The highest BCUT2D eigenvalue weighted by Gasteiger charge is 2.14. The van der Waals surface area contributed by atoms with Gasteiger partial charge in [0.2, 0.25) is 0 Å². The van der Waals surface area contributed by atoms with Crippen molar-refractivity contribution in [2.24, 2.45) is 5.92 Å². The van der Waals surface area contributed by atoms with Crippen molar-refractivity contribution < 1.29 is 9.59 Å². The van der Waals surface area contributed by atoms with Gasteiger partial charge in [-0.05, 0) is 62.5 Å². The van der Waals surface area contributed by atoms with E-state index in [2.05, 4.69) is 27.8 Å². The molecule has 3 amide bonds. The second-order valence-corrected chi connectivity index (χ2v) is 6.76. The van der Waals surface area contributed by atoms with Crippen LogP contribution in [0.25, 0.3) is 0 Å². The Kier molecular flexibility index (Phi) is 7.73. The van der Waals surface area contributed by atoms with Crippen LogP contribution in [0, 0.1) is 5.92 Å². The molecule has 0 spiro atoms. The van der Waals surface area contributed by atoms with Crippen molar-refractivity contribution in [3.8, 4) is 0 Å². The minimum atomic E-state index is -0.150. The monoisotopic (exact) mass is 346 g/mol. The predicted octanol–water partition coefficient (Wildman–Crippen LogP) is 1.97. The predicted molar refractivity (Wildman–Crippen MR) is 99.5 cm³/mol. The van der Waals surface area contributed by atoms with Gasteiger partial charge in [0, 0.05) is 25.7 Å². The smallest absolute Gasteiger partial charge is 0.315 e. The lowest BCUT2D eigenvalue weighted by molar-refractivity contribution is 0.0963. The van der Waals surface area contributed by atoms with Crippen LogP contribution in [-0.2, 0) is 6.54 Å². The molecule has 2 rings (SSSR count). The summed E-state index contributed by atoms with van der Waals surface area (Å²) in [4.78, 5) is 25.8. The van der Waals surface area contributed by atoms with Crippen LogP contribution in [0.2, 0.25) is 0 Å². The van der Waals surface area contributed by atoms with Crippen molar-refractivity contribution in [3.05, 3.63) is 35.4 Å². The Morgan fingerprint density at radius 3 is 2.44 bits per heavy atom. The Hall–Kier alpha value is -2.08. The third kappa shape index (κ3) is 6.74. The maximum atomic E-state index is 11.8. The van der Waals surface area contributed by atoms with Gasteiger partial charge in [-0.2, -0.15) is 0 Å². The van der Waals surface area contributed by atoms with Crippen molar-refractivity contribution in [2.45, 2.75) is 32.7 Å². The van der Waals surface area contributed by atoms with E-state index < -0.39 is 0 Å². The first-order valence-corrected chi connectivity index (χ1v) is 9.13. The van der Waals surface area contributed by atoms with Gasteiger partial charge in [0.05, 0.1) is 0 Å². The summed E-state index contributed by atoms with van der Waals surface area (Å²) in [6.45, 7) is 6.86. The SMILES string of the molecule is CNC(=O)c1ccc(CNC(=O)NCCCN2CCC(C)CC2)cc1. The summed E-state index contributed by atoms with van der Waals surface area (Å²) < 4.78 is 0. The number of rotatable bonds is 7. The summed E-state index contributed by atoms with van der Waals surface area (Å²) in [5, 5.41) is 8.32. The highest BCUT2D eigenvalue weighted by molar-refractivity contribution is 5.93. The zero-order chi connectivity index (χ0) is 18.1. The number of hydrogen-bond donors (Lipinski definition) is 3. The fraction of sp³-hybridized carbons (Fsp3) is 0.579. The van der Waals surface area contributed by atoms with Gasteiger partial charge in [-0.3, -0.25) is 4.79 Å². The summed E-state index contributed by atoms with van der Waals surface area (Å²) in [6.07, 6.45) is 3.54. The number of likely N-dealkylation sites (tertiary alicyclic amines) is 1. The molecule has 0 atom stereocenters. The van der Waals surface area contributed by atoms with E-state index in [0.717, 1.165) is 24.4 Å². The van der Waals surface area contributed by atoms with E-state index in [9.17, 15) is 9.59 Å². The van der Waals surface area contributed by atoms with E-state index in [-0.39, 0.29) is 11.9 Å². The molecule has 1 aliphatic heterocycles. The highest BCUT2D eigenvalue weighted by Crippen LogP contribution is 2.15. The third-order valence-corrected chi connectivity index (χ3v) is 4.71. The minimum absolute atomic E-state index is 0.111. The van der Waals surface area contributed by atoms with Crippen molar-refractivity contribution >= 4 is 11.9 Å². The molecule has 1 heterocycles.